The van der Waals surface area contributed by atoms with Crippen LogP contribution in [-0.4, -0.2) is 33.5 Å². The van der Waals surface area contributed by atoms with E-state index in [1.165, 1.54) is 13.0 Å². The van der Waals surface area contributed by atoms with Crippen LogP contribution in [0.1, 0.15) is 71.3 Å². The van der Waals surface area contributed by atoms with Crippen molar-refractivity contribution in [1.29, 1.82) is 0 Å². The summed E-state index contributed by atoms with van der Waals surface area (Å²) in [6.07, 6.45) is -6.99. The maximum Gasteiger partial charge on any atom is 0.434 e. The molecule has 4 aromatic rings. The van der Waals surface area contributed by atoms with E-state index < -0.39 is 35.5 Å². The SMILES string of the molecule is CCOC(=O)c1cnn(-c2cc(I)cc(-c3cc(C)ccc3OCc3ccc(C4CCC(C(F)(F)F)CC4)cc3)n2)c1C(F)(F)F. The molecule has 0 saturated heterocycles. The second-order valence-electron chi connectivity index (χ2n) is 11.2. The van der Waals surface area contributed by atoms with E-state index in [1.807, 2.05) is 65.9 Å². The molecule has 1 fully saturated rings. The molecular weight excluding hydrogens is 727 g/mol. The summed E-state index contributed by atoms with van der Waals surface area (Å²) in [7, 11) is 0. The third-order valence-corrected chi connectivity index (χ3v) is 8.60. The van der Waals surface area contributed by atoms with Gasteiger partial charge in [-0.3, -0.25) is 0 Å². The summed E-state index contributed by atoms with van der Waals surface area (Å²) in [4.78, 5) is 16.8. The summed E-state index contributed by atoms with van der Waals surface area (Å²) in [5.74, 6) is -1.98. The Labute approximate surface area is 275 Å². The normalized spacial score (nSPS) is 17.2. The highest BCUT2D eigenvalue weighted by Crippen LogP contribution is 2.43. The minimum atomic E-state index is -4.92. The van der Waals surface area contributed by atoms with E-state index in [9.17, 15) is 31.1 Å². The van der Waals surface area contributed by atoms with Crippen molar-refractivity contribution in [3.8, 4) is 22.8 Å². The van der Waals surface area contributed by atoms with Crippen LogP contribution in [0, 0.1) is 16.4 Å². The number of benzene rings is 2. The topological polar surface area (TPSA) is 66.2 Å². The fourth-order valence-electron chi connectivity index (χ4n) is 5.65. The number of aryl methyl sites for hydroxylation is 1. The maximum absolute atomic E-state index is 14.2. The van der Waals surface area contributed by atoms with Crippen molar-refractivity contribution in [2.24, 2.45) is 5.92 Å². The molecule has 5 rings (SSSR count). The highest BCUT2D eigenvalue weighted by molar-refractivity contribution is 14.1. The van der Waals surface area contributed by atoms with Gasteiger partial charge in [-0.25, -0.2) is 14.5 Å². The molecular formula is C33H30F6IN3O3. The zero-order chi connectivity index (χ0) is 33.2. The molecule has 13 heteroatoms. The number of aromatic nitrogens is 3. The highest BCUT2D eigenvalue weighted by atomic mass is 127. The van der Waals surface area contributed by atoms with Gasteiger partial charge in [0.15, 0.2) is 11.5 Å². The lowest BCUT2D eigenvalue weighted by molar-refractivity contribution is -0.182. The van der Waals surface area contributed by atoms with Crippen LogP contribution < -0.4 is 4.74 Å². The minimum absolute atomic E-state index is 0.0825. The second-order valence-corrected chi connectivity index (χ2v) is 12.4. The first-order chi connectivity index (χ1) is 21.7. The van der Waals surface area contributed by atoms with Crippen LogP contribution in [0.3, 0.4) is 0 Å². The van der Waals surface area contributed by atoms with E-state index in [0.717, 1.165) is 22.9 Å². The summed E-state index contributed by atoms with van der Waals surface area (Å²) in [6, 6.07) is 16.2. The summed E-state index contributed by atoms with van der Waals surface area (Å²) in [5, 5.41) is 3.85. The average Bonchev–Trinajstić information content (AvgIpc) is 3.47. The largest absolute Gasteiger partial charge is 0.488 e. The van der Waals surface area contributed by atoms with Crippen LogP contribution >= 0.6 is 22.6 Å². The summed E-state index contributed by atoms with van der Waals surface area (Å²) < 4.78 is 93.8. The molecule has 0 bridgehead atoms. The standard InChI is InChI=1S/C33H30F6IN3O3/c1-3-45-31(44)26-17-41-43(30(26)33(37,38)39)29-16-24(40)15-27(42-29)25-14-19(2)4-13-28(25)46-18-20-5-7-21(8-6-20)22-9-11-23(12-10-22)32(34,35)36/h4-8,13-17,22-23H,3,9-12,18H2,1-2H3. The van der Waals surface area contributed by atoms with Gasteiger partial charge in [-0.15, -0.1) is 0 Å². The molecule has 46 heavy (non-hydrogen) atoms. The van der Waals surface area contributed by atoms with Gasteiger partial charge in [-0.2, -0.15) is 31.4 Å². The smallest absolute Gasteiger partial charge is 0.434 e. The molecule has 2 aromatic heterocycles. The molecule has 0 spiro atoms. The minimum Gasteiger partial charge on any atom is -0.488 e. The van der Waals surface area contributed by atoms with Gasteiger partial charge in [0, 0.05) is 9.13 Å². The third-order valence-electron chi connectivity index (χ3n) is 7.97. The van der Waals surface area contributed by atoms with E-state index in [1.54, 1.807) is 12.1 Å². The molecule has 1 aliphatic carbocycles. The van der Waals surface area contributed by atoms with Gasteiger partial charge in [0.2, 0.25) is 0 Å². The number of hydrogen-bond acceptors (Lipinski definition) is 5. The number of alkyl halides is 6. The number of esters is 1. The van der Waals surface area contributed by atoms with Gasteiger partial charge in [0.25, 0.3) is 0 Å². The Balaban J connectivity index is 1.38. The van der Waals surface area contributed by atoms with Crippen LogP contribution in [0.5, 0.6) is 5.75 Å². The monoisotopic (exact) mass is 757 g/mol. The molecule has 0 radical (unpaired) electrons. The first kappa shape index (κ1) is 33.7. The van der Waals surface area contributed by atoms with Crippen molar-refractivity contribution >= 4 is 28.6 Å². The summed E-state index contributed by atoms with van der Waals surface area (Å²) in [6.45, 7) is 3.44. The molecule has 244 valence electrons. The van der Waals surface area contributed by atoms with Gasteiger partial charge in [-0.1, -0.05) is 35.9 Å². The Hall–Kier alpha value is -3.62. The molecule has 0 aliphatic heterocycles. The zero-order valence-corrected chi connectivity index (χ0v) is 27.0. The van der Waals surface area contributed by atoms with E-state index in [2.05, 4.69) is 10.1 Å². The number of nitrogens with zero attached hydrogens (tertiary/aromatic N) is 3. The van der Waals surface area contributed by atoms with Gasteiger partial charge in [-0.05, 0) is 103 Å². The molecule has 0 amide bonds. The summed E-state index contributed by atoms with van der Waals surface area (Å²) >= 11 is 1.98. The number of halogens is 7. The Bertz CT molecular complexity index is 1690. The van der Waals surface area contributed by atoms with Crippen LogP contribution in [0.15, 0.2) is 60.8 Å². The molecule has 0 atom stereocenters. The molecule has 2 heterocycles. The fraction of sp³-hybridized carbons (Fsp3) is 0.364. The van der Waals surface area contributed by atoms with E-state index >= 15 is 0 Å². The first-order valence-electron chi connectivity index (χ1n) is 14.6. The molecule has 1 aliphatic rings. The van der Waals surface area contributed by atoms with Crippen molar-refractivity contribution in [3.05, 3.63) is 92.3 Å². The Morgan fingerprint density at radius 2 is 1.67 bits per heavy atom. The van der Waals surface area contributed by atoms with Crippen molar-refractivity contribution < 1.29 is 40.6 Å². The van der Waals surface area contributed by atoms with Crippen molar-refractivity contribution in [2.75, 3.05) is 6.61 Å². The number of ether oxygens (including phenoxy) is 2. The van der Waals surface area contributed by atoms with Crippen molar-refractivity contribution in [1.82, 2.24) is 14.8 Å². The second kappa shape index (κ2) is 13.6. The lowest BCUT2D eigenvalue weighted by Gasteiger charge is -2.30. The Morgan fingerprint density at radius 3 is 2.30 bits per heavy atom. The van der Waals surface area contributed by atoms with Crippen LogP contribution in [0.2, 0.25) is 0 Å². The zero-order valence-electron chi connectivity index (χ0n) is 24.9. The third kappa shape index (κ3) is 7.67. The lowest BCUT2D eigenvalue weighted by Crippen LogP contribution is -2.27. The van der Waals surface area contributed by atoms with Gasteiger partial charge in [0.1, 0.15) is 17.9 Å². The quantitative estimate of drug-likeness (QED) is 0.102. The Morgan fingerprint density at radius 1 is 0.978 bits per heavy atom. The molecule has 0 N–H and O–H groups in total. The lowest BCUT2D eigenvalue weighted by atomic mass is 9.78. The number of rotatable bonds is 8. The van der Waals surface area contributed by atoms with Gasteiger partial charge >= 0.3 is 18.3 Å². The number of carbonyl (C=O) groups is 1. The van der Waals surface area contributed by atoms with E-state index in [-0.39, 0.29) is 37.8 Å². The Kier molecular flexibility index (Phi) is 9.99. The van der Waals surface area contributed by atoms with E-state index in [4.69, 9.17) is 9.47 Å². The fourth-order valence-corrected chi connectivity index (χ4v) is 6.23. The number of carbonyl (C=O) groups excluding carboxylic acids is 1. The van der Waals surface area contributed by atoms with Crippen molar-refractivity contribution in [2.45, 2.75) is 64.4 Å². The number of hydrogen-bond donors (Lipinski definition) is 0. The molecule has 1 saturated carbocycles. The van der Waals surface area contributed by atoms with Crippen LogP contribution in [-0.2, 0) is 17.5 Å². The average molecular weight is 758 g/mol. The predicted octanol–water partition coefficient (Wildman–Crippen LogP) is 9.46. The number of pyridine rings is 1. The molecule has 0 unspecified atom stereocenters. The van der Waals surface area contributed by atoms with Gasteiger partial charge < -0.3 is 9.47 Å². The molecule has 2 aromatic carbocycles. The van der Waals surface area contributed by atoms with Crippen LogP contribution in [0.25, 0.3) is 17.1 Å². The van der Waals surface area contributed by atoms with E-state index in [0.29, 0.717) is 38.1 Å². The maximum atomic E-state index is 14.2. The first-order valence-corrected chi connectivity index (χ1v) is 15.7. The molecule has 6 nitrogen and oxygen atoms in total. The van der Waals surface area contributed by atoms with Crippen molar-refractivity contribution in [3.63, 3.8) is 0 Å². The van der Waals surface area contributed by atoms with Crippen LogP contribution in [0.4, 0.5) is 26.3 Å². The van der Waals surface area contributed by atoms with Gasteiger partial charge in [0.05, 0.1) is 24.4 Å². The predicted molar refractivity (Wildman–Crippen MR) is 167 cm³/mol. The highest BCUT2D eigenvalue weighted by Gasteiger charge is 2.42. The summed E-state index contributed by atoms with van der Waals surface area (Å²) in [5.41, 5.74) is 1.59.